The van der Waals surface area contributed by atoms with Gasteiger partial charge in [-0.1, -0.05) is 0 Å². The number of anilines is 2. The van der Waals surface area contributed by atoms with E-state index in [4.69, 9.17) is 9.47 Å². The third-order valence-corrected chi connectivity index (χ3v) is 4.64. The van der Waals surface area contributed by atoms with E-state index in [1.165, 1.54) is 9.80 Å². The topological polar surface area (TPSA) is 101 Å². The molecular weight excluding hydrogens is 400 g/mol. The fraction of sp³-hybridized carbons (Fsp3) is 0.364. The summed E-state index contributed by atoms with van der Waals surface area (Å²) in [6.07, 6.45) is 1.39. The van der Waals surface area contributed by atoms with Crippen LogP contribution in [0.3, 0.4) is 0 Å². The minimum Gasteiger partial charge on any atom is -0.487 e. The minimum atomic E-state index is -1.11. The number of carbonyl (C=O) groups excluding carboxylic acids is 3. The summed E-state index contributed by atoms with van der Waals surface area (Å²) in [5.74, 6) is -0.285. The third-order valence-electron chi connectivity index (χ3n) is 4.64. The molecule has 1 aromatic carbocycles. The largest absolute Gasteiger partial charge is 0.487 e. The van der Waals surface area contributed by atoms with Crippen LogP contribution in [0.1, 0.15) is 31.1 Å². The molecule has 9 heteroatoms. The lowest BCUT2D eigenvalue weighted by atomic mass is 10.1. The Bertz CT molecular complexity index is 987. The van der Waals surface area contributed by atoms with Crippen LogP contribution in [-0.4, -0.2) is 55.2 Å². The van der Waals surface area contributed by atoms with E-state index in [-0.39, 0.29) is 12.5 Å². The number of nitrogens with zero attached hydrogens (tertiary/aromatic N) is 3. The number of aromatic nitrogens is 1. The van der Waals surface area contributed by atoms with Gasteiger partial charge in [0.15, 0.2) is 0 Å². The van der Waals surface area contributed by atoms with Crippen LogP contribution in [-0.2, 0) is 9.53 Å². The lowest BCUT2D eigenvalue weighted by molar-refractivity contribution is -0.127. The number of fused-ring (bicyclic) bond motifs is 1. The summed E-state index contributed by atoms with van der Waals surface area (Å²) in [5.41, 5.74) is 0.984. The first-order valence-electron chi connectivity index (χ1n) is 9.78. The molecule has 164 valence electrons. The Morgan fingerprint density at radius 3 is 2.55 bits per heavy atom. The molecule has 2 aromatic rings. The zero-order valence-electron chi connectivity index (χ0n) is 18.2. The van der Waals surface area contributed by atoms with Crippen LogP contribution in [0.5, 0.6) is 5.75 Å². The SMILES string of the molecule is CN(C(=O)c1ccc2c(c1)N(C)C(=O)[C@@H](OC(=O)NC(C)(C)C)CO2)c1ccncc1. The molecule has 1 atom stereocenters. The van der Waals surface area contributed by atoms with E-state index in [0.29, 0.717) is 22.7 Å². The number of likely N-dealkylation sites (N-methyl/N-ethyl adjacent to an activating group) is 1. The molecule has 0 fully saturated rings. The Labute approximate surface area is 180 Å². The summed E-state index contributed by atoms with van der Waals surface area (Å²) < 4.78 is 11.0. The number of alkyl carbamates (subject to hydrolysis) is 1. The van der Waals surface area contributed by atoms with Crippen molar-refractivity contribution in [2.75, 3.05) is 30.5 Å². The van der Waals surface area contributed by atoms with Crippen molar-refractivity contribution in [3.63, 3.8) is 0 Å². The van der Waals surface area contributed by atoms with E-state index in [1.807, 2.05) is 20.8 Å². The number of hydrogen-bond acceptors (Lipinski definition) is 6. The zero-order chi connectivity index (χ0) is 22.8. The van der Waals surface area contributed by atoms with Gasteiger partial charge in [0.25, 0.3) is 11.8 Å². The minimum absolute atomic E-state index is 0.127. The molecule has 0 radical (unpaired) electrons. The molecule has 0 spiro atoms. The maximum absolute atomic E-state index is 12.9. The molecule has 3 rings (SSSR count). The van der Waals surface area contributed by atoms with Crippen LogP contribution in [0.4, 0.5) is 16.2 Å². The molecule has 3 amide bonds. The highest BCUT2D eigenvalue weighted by atomic mass is 16.6. The summed E-state index contributed by atoms with van der Waals surface area (Å²) in [6, 6.07) is 8.30. The Balaban J connectivity index is 1.80. The predicted molar refractivity (Wildman–Crippen MR) is 115 cm³/mol. The van der Waals surface area contributed by atoms with Crippen LogP contribution in [0.25, 0.3) is 0 Å². The molecule has 1 N–H and O–H groups in total. The molecule has 0 aliphatic carbocycles. The summed E-state index contributed by atoms with van der Waals surface area (Å²) in [7, 11) is 3.21. The van der Waals surface area contributed by atoms with Crippen LogP contribution >= 0.6 is 0 Å². The number of ether oxygens (including phenoxy) is 2. The summed E-state index contributed by atoms with van der Waals surface area (Å²) in [5, 5.41) is 2.65. The number of carbonyl (C=O) groups is 3. The van der Waals surface area contributed by atoms with E-state index in [9.17, 15) is 14.4 Å². The number of rotatable bonds is 3. The van der Waals surface area contributed by atoms with Crippen molar-refractivity contribution in [3.05, 3.63) is 48.3 Å². The number of nitrogens with one attached hydrogen (secondary N) is 1. The van der Waals surface area contributed by atoms with E-state index in [2.05, 4.69) is 10.3 Å². The molecule has 1 aromatic heterocycles. The van der Waals surface area contributed by atoms with E-state index in [1.54, 1.807) is 56.8 Å². The normalized spacial score (nSPS) is 16.0. The average molecular weight is 426 g/mol. The molecule has 2 heterocycles. The highest BCUT2D eigenvalue weighted by Crippen LogP contribution is 2.32. The van der Waals surface area contributed by atoms with Gasteiger partial charge >= 0.3 is 6.09 Å². The van der Waals surface area contributed by atoms with Gasteiger partial charge < -0.3 is 24.6 Å². The van der Waals surface area contributed by atoms with Crippen LogP contribution in [0.15, 0.2) is 42.7 Å². The van der Waals surface area contributed by atoms with Crippen LogP contribution < -0.4 is 19.9 Å². The zero-order valence-corrected chi connectivity index (χ0v) is 18.2. The maximum atomic E-state index is 12.9. The lowest BCUT2D eigenvalue weighted by Gasteiger charge is -2.24. The van der Waals surface area contributed by atoms with Crippen LogP contribution in [0.2, 0.25) is 0 Å². The van der Waals surface area contributed by atoms with Gasteiger partial charge in [-0.3, -0.25) is 14.6 Å². The van der Waals surface area contributed by atoms with Crippen molar-refractivity contribution in [1.82, 2.24) is 10.3 Å². The third kappa shape index (κ3) is 5.11. The van der Waals surface area contributed by atoms with Gasteiger partial charge in [-0.05, 0) is 51.1 Å². The van der Waals surface area contributed by atoms with Crippen molar-refractivity contribution in [2.45, 2.75) is 32.4 Å². The molecular formula is C22H26N4O5. The summed E-state index contributed by atoms with van der Waals surface area (Å²) >= 11 is 0. The highest BCUT2D eigenvalue weighted by Gasteiger charge is 2.33. The molecule has 0 saturated heterocycles. The first-order chi connectivity index (χ1) is 14.6. The van der Waals surface area contributed by atoms with Gasteiger partial charge in [0.05, 0.1) is 5.69 Å². The quantitative estimate of drug-likeness (QED) is 0.810. The lowest BCUT2D eigenvalue weighted by Crippen LogP contribution is -2.46. The monoisotopic (exact) mass is 426 g/mol. The van der Waals surface area contributed by atoms with Crippen molar-refractivity contribution in [3.8, 4) is 5.75 Å². The predicted octanol–water partition coefficient (Wildman–Crippen LogP) is 2.61. The molecule has 31 heavy (non-hydrogen) atoms. The van der Waals surface area contributed by atoms with E-state index in [0.717, 1.165) is 0 Å². The van der Waals surface area contributed by atoms with Crippen LogP contribution in [0, 0.1) is 0 Å². The van der Waals surface area contributed by atoms with Crippen molar-refractivity contribution in [2.24, 2.45) is 0 Å². The molecule has 0 saturated carbocycles. The Hall–Kier alpha value is -3.62. The second-order valence-corrected chi connectivity index (χ2v) is 8.23. The standard InChI is InChI=1S/C22H26N4O5/c1-22(2,3)24-21(29)31-18-13-30-17-7-6-14(12-16(17)26(5)20(18)28)19(27)25(4)15-8-10-23-11-9-15/h6-12,18H,13H2,1-5H3,(H,24,29)/t18-/m0/s1. The number of pyridine rings is 1. The molecule has 1 aliphatic rings. The first-order valence-corrected chi connectivity index (χ1v) is 9.78. The second kappa shape index (κ2) is 8.63. The molecule has 9 nitrogen and oxygen atoms in total. The van der Waals surface area contributed by atoms with Gasteiger partial charge in [-0.15, -0.1) is 0 Å². The van der Waals surface area contributed by atoms with Gasteiger partial charge in [0, 0.05) is 43.3 Å². The number of amides is 3. The van der Waals surface area contributed by atoms with Gasteiger partial charge in [-0.25, -0.2) is 4.79 Å². The molecule has 0 bridgehead atoms. The van der Waals surface area contributed by atoms with Crippen molar-refractivity contribution < 1.29 is 23.9 Å². The first kappa shape index (κ1) is 22.1. The second-order valence-electron chi connectivity index (χ2n) is 8.23. The van der Waals surface area contributed by atoms with Gasteiger partial charge in [-0.2, -0.15) is 0 Å². The fourth-order valence-electron chi connectivity index (χ4n) is 3.03. The Morgan fingerprint density at radius 2 is 1.90 bits per heavy atom. The summed E-state index contributed by atoms with van der Waals surface area (Å²) in [6.45, 7) is 5.30. The fourth-order valence-corrected chi connectivity index (χ4v) is 3.03. The van der Waals surface area contributed by atoms with Crippen molar-refractivity contribution in [1.29, 1.82) is 0 Å². The van der Waals surface area contributed by atoms with Crippen molar-refractivity contribution >= 4 is 29.3 Å². The van der Waals surface area contributed by atoms with E-state index >= 15 is 0 Å². The Kier molecular flexibility index (Phi) is 6.14. The van der Waals surface area contributed by atoms with Gasteiger partial charge in [0.1, 0.15) is 12.4 Å². The highest BCUT2D eigenvalue weighted by molar-refractivity contribution is 6.07. The average Bonchev–Trinajstić information content (AvgIpc) is 2.84. The molecule has 0 unspecified atom stereocenters. The van der Waals surface area contributed by atoms with E-state index < -0.39 is 23.6 Å². The van der Waals surface area contributed by atoms with Gasteiger partial charge in [0.2, 0.25) is 6.10 Å². The Morgan fingerprint density at radius 1 is 1.23 bits per heavy atom. The maximum Gasteiger partial charge on any atom is 0.408 e. The molecule has 1 aliphatic heterocycles. The summed E-state index contributed by atoms with van der Waals surface area (Å²) in [4.78, 5) is 44.7. The smallest absolute Gasteiger partial charge is 0.408 e. The number of hydrogen-bond donors (Lipinski definition) is 1. The number of benzene rings is 1.